The van der Waals surface area contributed by atoms with E-state index in [0.29, 0.717) is 13.0 Å². The first-order valence-corrected chi connectivity index (χ1v) is 7.02. The molecule has 0 atom stereocenters. The van der Waals surface area contributed by atoms with Gasteiger partial charge in [-0.1, -0.05) is 0 Å². The highest BCUT2D eigenvalue weighted by molar-refractivity contribution is 7.15. The Kier molecular flexibility index (Phi) is 3.64. The number of carbonyl (C=O) groups is 1. The summed E-state index contributed by atoms with van der Waals surface area (Å²) in [4.78, 5) is 19.0. The summed E-state index contributed by atoms with van der Waals surface area (Å²) in [6.07, 6.45) is 2.26. The number of aryl methyl sites for hydroxylation is 1. The van der Waals surface area contributed by atoms with Gasteiger partial charge in [0.25, 0.3) is 0 Å². The first-order chi connectivity index (χ1) is 8.76. The zero-order valence-electron chi connectivity index (χ0n) is 11.7. The van der Waals surface area contributed by atoms with Gasteiger partial charge in [-0.3, -0.25) is 9.20 Å². The van der Waals surface area contributed by atoms with E-state index in [4.69, 9.17) is 0 Å². The molecule has 0 aliphatic rings. The Morgan fingerprint density at radius 2 is 2.26 bits per heavy atom. The molecule has 0 fully saturated rings. The van der Waals surface area contributed by atoms with Crippen LogP contribution in [-0.2, 0) is 11.2 Å². The first-order valence-electron chi connectivity index (χ1n) is 6.15. The minimum Gasteiger partial charge on any atom is -0.389 e. The van der Waals surface area contributed by atoms with Gasteiger partial charge in [-0.25, -0.2) is 4.98 Å². The Morgan fingerprint density at radius 3 is 2.89 bits per heavy atom. The molecule has 1 N–H and O–H groups in total. The van der Waals surface area contributed by atoms with Crippen LogP contribution in [0.1, 0.15) is 25.2 Å². The summed E-state index contributed by atoms with van der Waals surface area (Å²) in [6.45, 7) is 5.64. The Hall–Kier alpha value is -1.40. The van der Waals surface area contributed by atoms with Crippen LogP contribution in [0.15, 0.2) is 11.6 Å². The topological polar surface area (TPSA) is 57.8 Å². The molecule has 104 valence electrons. The third kappa shape index (κ3) is 3.33. The highest BCUT2D eigenvalue weighted by Gasteiger charge is 2.20. The van der Waals surface area contributed by atoms with Crippen LogP contribution >= 0.6 is 11.3 Å². The molecule has 0 radical (unpaired) electrons. The molecule has 6 heteroatoms. The van der Waals surface area contributed by atoms with Gasteiger partial charge in [-0.15, -0.1) is 11.3 Å². The highest BCUT2D eigenvalue weighted by Crippen LogP contribution is 2.17. The lowest BCUT2D eigenvalue weighted by molar-refractivity contribution is -0.131. The van der Waals surface area contributed by atoms with E-state index in [1.165, 1.54) is 11.3 Å². The molecule has 5 nitrogen and oxygen atoms in total. The molecular formula is C13H19N3O2S. The van der Waals surface area contributed by atoms with E-state index in [2.05, 4.69) is 4.98 Å². The van der Waals surface area contributed by atoms with E-state index in [0.717, 1.165) is 16.3 Å². The van der Waals surface area contributed by atoms with Crippen molar-refractivity contribution in [1.29, 1.82) is 0 Å². The molecule has 0 aliphatic heterocycles. The number of likely N-dealkylation sites (N-methyl/N-ethyl adjacent to an activating group) is 1. The fourth-order valence-corrected chi connectivity index (χ4v) is 2.95. The van der Waals surface area contributed by atoms with Gasteiger partial charge in [0.1, 0.15) is 0 Å². The summed E-state index contributed by atoms with van der Waals surface area (Å²) in [5.41, 5.74) is 1.01. The number of aliphatic hydroxyl groups is 1. The smallest absolute Gasteiger partial charge is 0.228 e. The second-order valence-electron chi connectivity index (χ2n) is 5.50. The number of hydrogen-bond donors (Lipinski definition) is 1. The number of carbonyl (C=O) groups excluding carboxylic acids is 1. The largest absolute Gasteiger partial charge is 0.389 e. The number of hydrogen-bond acceptors (Lipinski definition) is 4. The molecule has 0 unspecified atom stereocenters. The van der Waals surface area contributed by atoms with Crippen LogP contribution in [0.3, 0.4) is 0 Å². The maximum Gasteiger partial charge on any atom is 0.228 e. The molecule has 0 aliphatic carbocycles. The average Bonchev–Trinajstić information content (AvgIpc) is 2.77. The SMILES string of the molecule is Cc1cn2c(CC(=O)N(C)CC(C)(C)O)csc2n1. The summed E-state index contributed by atoms with van der Waals surface area (Å²) >= 11 is 1.53. The van der Waals surface area contributed by atoms with E-state index >= 15 is 0 Å². The van der Waals surface area contributed by atoms with Crippen LogP contribution in [0.25, 0.3) is 4.96 Å². The Bertz CT molecular complexity index is 595. The fourth-order valence-electron chi connectivity index (χ4n) is 2.03. The van der Waals surface area contributed by atoms with Gasteiger partial charge in [-0.2, -0.15) is 0 Å². The molecule has 19 heavy (non-hydrogen) atoms. The number of nitrogens with zero attached hydrogens (tertiary/aromatic N) is 3. The molecule has 0 saturated heterocycles. The third-order valence-electron chi connectivity index (χ3n) is 2.79. The van der Waals surface area contributed by atoms with Crippen LogP contribution in [0, 0.1) is 6.92 Å². The summed E-state index contributed by atoms with van der Waals surface area (Å²) < 4.78 is 1.95. The normalized spacial score (nSPS) is 12.1. The minimum atomic E-state index is -0.875. The standard InChI is InChI=1S/C13H19N3O2S/c1-9-6-16-10(7-19-12(16)14-9)5-11(17)15(4)8-13(2,3)18/h6-7,18H,5,8H2,1-4H3. The molecule has 0 aromatic carbocycles. The predicted molar refractivity (Wildman–Crippen MR) is 75.4 cm³/mol. The number of thiazole rings is 1. The summed E-state index contributed by atoms with van der Waals surface area (Å²) in [5, 5.41) is 11.7. The van der Waals surface area contributed by atoms with Crippen molar-refractivity contribution in [3.05, 3.63) is 23.0 Å². The van der Waals surface area contributed by atoms with Crippen LogP contribution in [0.4, 0.5) is 0 Å². The van der Waals surface area contributed by atoms with Crippen LogP contribution in [0.2, 0.25) is 0 Å². The molecule has 2 aromatic rings. The van der Waals surface area contributed by atoms with Crippen molar-refractivity contribution in [2.45, 2.75) is 32.8 Å². The average molecular weight is 281 g/mol. The Balaban J connectivity index is 2.10. The van der Waals surface area contributed by atoms with Crippen molar-refractivity contribution in [2.24, 2.45) is 0 Å². The van der Waals surface area contributed by atoms with Crippen molar-refractivity contribution in [1.82, 2.24) is 14.3 Å². The lowest BCUT2D eigenvalue weighted by Crippen LogP contribution is -2.40. The first kappa shape index (κ1) is 14.0. The van der Waals surface area contributed by atoms with Crippen molar-refractivity contribution >= 4 is 22.2 Å². The van der Waals surface area contributed by atoms with Gasteiger partial charge in [-0.05, 0) is 20.8 Å². The van der Waals surface area contributed by atoms with Crippen molar-refractivity contribution in [2.75, 3.05) is 13.6 Å². The zero-order chi connectivity index (χ0) is 14.2. The number of rotatable bonds is 4. The van der Waals surface area contributed by atoms with E-state index < -0.39 is 5.60 Å². The van der Waals surface area contributed by atoms with E-state index in [-0.39, 0.29) is 5.91 Å². The summed E-state index contributed by atoms with van der Waals surface area (Å²) in [7, 11) is 1.71. The van der Waals surface area contributed by atoms with Gasteiger partial charge in [0, 0.05) is 30.9 Å². The van der Waals surface area contributed by atoms with Crippen molar-refractivity contribution in [3.63, 3.8) is 0 Å². The van der Waals surface area contributed by atoms with Crippen LogP contribution in [0.5, 0.6) is 0 Å². The van der Waals surface area contributed by atoms with Crippen LogP contribution < -0.4 is 0 Å². The van der Waals surface area contributed by atoms with E-state index in [1.807, 2.05) is 22.9 Å². The number of amides is 1. The van der Waals surface area contributed by atoms with Gasteiger partial charge in [0.05, 0.1) is 17.7 Å². The number of imidazole rings is 1. The van der Waals surface area contributed by atoms with Gasteiger partial charge >= 0.3 is 0 Å². The zero-order valence-corrected chi connectivity index (χ0v) is 12.5. The van der Waals surface area contributed by atoms with E-state index in [1.54, 1.807) is 25.8 Å². The van der Waals surface area contributed by atoms with E-state index in [9.17, 15) is 9.90 Å². The molecule has 0 bridgehead atoms. The maximum absolute atomic E-state index is 12.1. The predicted octanol–water partition coefficient (Wildman–Crippen LogP) is 1.48. The lowest BCUT2D eigenvalue weighted by Gasteiger charge is -2.25. The second-order valence-corrected chi connectivity index (χ2v) is 6.34. The molecule has 2 rings (SSSR count). The second kappa shape index (κ2) is 4.94. The van der Waals surface area contributed by atoms with Crippen molar-refractivity contribution in [3.8, 4) is 0 Å². The van der Waals surface area contributed by atoms with Crippen LogP contribution in [-0.4, -0.2) is 44.5 Å². The molecule has 2 aromatic heterocycles. The quantitative estimate of drug-likeness (QED) is 0.923. The lowest BCUT2D eigenvalue weighted by atomic mass is 10.1. The molecule has 2 heterocycles. The Labute approximate surface area is 116 Å². The fraction of sp³-hybridized carbons (Fsp3) is 0.538. The number of aromatic nitrogens is 2. The third-order valence-corrected chi connectivity index (χ3v) is 3.67. The maximum atomic E-state index is 12.1. The Morgan fingerprint density at radius 1 is 1.58 bits per heavy atom. The molecule has 1 amide bonds. The summed E-state index contributed by atoms with van der Waals surface area (Å²) in [5.74, 6) is -0.00632. The molecular weight excluding hydrogens is 262 g/mol. The van der Waals surface area contributed by atoms with Gasteiger partial charge in [0.2, 0.25) is 5.91 Å². The van der Waals surface area contributed by atoms with Gasteiger partial charge < -0.3 is 10.0 Å². The monoisotopic (exact) mass is 281 g/mol. The minimum absolute atomic E-state index is 0.00632. The van der Waals surface area contributed by atoms with Crippen molar-refractivity contribution < 1.29 is 9.90 Å². The molecule has 0 saturated carbocycles. The highest BCUT2D eigenvalue weighted by atomic mass is 32.1. The van der Waals surface area contributed by atoms with Gasteiger partial charge in [0.15, 0.2) is 4.96 Å². The number of fused-ring (bicyclic) bond motifs is 1. The molecule has 0 spiro atoms. The summed E-state index contributed by atoms with van der Waals surface area (Å²) in [6, 6.07) is 0.